The van der Waals surface area contributed by atoms with Crippen LogP contribution in [0.1, 0.15) is 48.6 Å². The van der Waals surface area contributed by atoms with Crippen LogP contribution in [-0.2, 0) is 0 Å². The summed E-state index contributed by atoms with van der Waals surface area (Å²) in [4.78, 5) is 0. The molecule has 1 heterocycles. The molecule has 0 radical (unpaired) electrons. The molecule has 0 unspecified atom stereocenters. The molecule has 6 heteroatoms. The summed E-state index contributed by atoms with van der Waals surface area (Å²) in [7, 11) is 0. The van der Waals surface area contributed by atoms with Crippen molar-refractivity contribution in [3.8, 4) is 11.1 Å². The highest BCUT2D eigenvalue weighted by atomic mass is 19.3. The Kier molecular flexibility index (Phi) is 3.78. The lowest BCUT2D eigenvalue weighted by molar-refractivity contribution is -0.0381. The number of hydrogen-bond donors (Lipinski definition) is 2. The lowest BCUT2D eigenvalue weighted by Gasteiger charge is -2.31. The third-order valence-electron chi connectivity index (χ3n) is 4.75. The number of aromatic nitrogens is 1. The second-order valence-corrected chi connectivity index (χ2v) is 6.36. The van der Waals surface area contributed by atoms with E-state index in [1.807, 2.05) is 19.9 Å². The second-order valence-electron chi connectivity index (χ2n) is 6.36. The molecule has 4 N–H and O–H groups in total. The van der Waals surface area contributed by atoms with Gasteiger partial charge in [0.05, 0.1) is 17.1 Å². The predicted octanol–water partition coefficient (Wildman–Crippen LogP) is 4.42. The van der Waals surface area contributed by atoms with Gasteiger partial charge in [0, 0.05) is 18.4 Å². The van der Waals surface area contributed by atoms with Gasteiger partial charge in [-0.25, -0.2) is 8.78 Å². The summed E-state index contributed by atoms with van der Waals surface area (Å²) >= 11 is 0. The Morgan fingerprint density at radius 2 is 1.83 bits per heavy atom. The normalized spacial score (nSPS) is 18.3. The standard InChI is InChI=1S/C17H21F2N3O/c1-9-14(10(2)23-22-9)12-3-4-13(20)16(21)15(12)11-5-7-17(18,19)8-6-11/h3-4,11H,5-8,20-21H2,1-2H3. The Morgan fingerprint density at radius 1 is 1.17 bits per heavy atom. The number of anilines is 2. The van der Waals surface area contributed by atoms with Gasteiger partial charge in [-0.3, -0.25) is 0 Å². The minimum atomic E-state index is -2.57. The summed E-state index contributed by atoms with van der Waals surface area (Å²) in [6, 6.07) is 3.64. The first kappa shape index (κ1) is 15.8. The number of rotatable bonds is 2. The first-order valence-corrected chi connectivity index (χ1v) is 7.79. The molecule has 0 saturated heterocycles. The molecule has 124 valence electrons. The van der Waals surface area contributed by atoms with Gasteiger partial charge in [-0.2, -0.15) is 0 Å². The molecule has 1 aromatic carbocycles. The third kappa shape index (κ3) is 2.78. The lowest BCUT2D eigenvalue weighted by Crippen LogP contribution is -2.24. The Balaban J connectivity index is 2.10. The monoisotopic (exact) mass is 321 g/mol. The number of aryl methyl sites for hydroxylation is 2. The maximum absolute atomic E-state index is 13.5. The molecule has 0 amide bonds. The number of benzene rings is 1. The predicted molar refractivity (Wildman–Crippen MR) is 86.4 cm³/mol. The fourth-order valence-electron chi connectivity index (χ4n) is 3.51. The van der Waals surface area contributed by atoms with E-state index in [2.05, 4.69) is 5.16 Å². The molecule has 23 heavy (non-hydrogen) atoms. The highest BCUT2D eigenvalue weighted by Gasteiger charge is 2.37. The van der Waals surface area contributed by atoms with Crippen molar-refractivity contribution in [2.24, 2.45) is 0 Å². The zero-order chi connectivity index (χ0) is 16.8. The smallest absolute Gasteiger partial charge is 0.248 e. The molecule has 0 bridgehead atoms. The van der Waals surface area contributed by atoms with E-state index in [9.17, 15) is 8.78 Å². The number of nitrogens with two attached hydrogens (primary N) is 2. The first-order valence-electron chi connectivity index (χ1n) is 7.79. The van der Waals surface area contributed by atoms with Crippen LogP contribution in [0.3, 0.4) is 0 Å². The average Bonchev–Trinajstić information content (AvgIpc) is 2.82. The number of alkyl halides is 2. The number of nitrogens with zero attached hydrogens (tertiary/aromatic N) is 1. The van der Waals surface area contributed by atoms with Gasteiger partial charge in [-0.15, -0.1) is 0 Å². The molecule has 1 aliphatic carbocycles. The van der Waals surface area contributed by atoms with Crippen molar-refractivity contribution in [1.82, 2.24) is 5.16 Å². The Labute approximate surface area is 133 Å². The molecule has 0 aliphatic heterocycles. The molecule has 0 atom stereocenters. The Morgan fingerprint density at radius 3 is 2.39 bits per heavy atom. The molecule has 1 saturated carbocycles. The highest BCUT2D eigenvalue weighted by Crippen LogP contribution is 2.47. The van der Waals surface area contributed by atoms with Gasteiger partial charge >= 0.3 is 0 Å². The SMILES string of the molecule is Cc1noc(C)c1-c1ccc(N)c(N)c1C1CCC(F)(F)CC1. The maximum Gasteiger partial charge on any atom is 0.248 e. The van der Waals surface area contributed by atoms with Crippen LogP contribution in [0, 0.1) is 13.8 Å². The van der Waals surface area contributed by atoms with E-state index in [0.29, 0.717) is 30.0 Å². The molecule has 2 aromatic rings. The van der Waals surface area contributed by atoms with Crippen molar-refractivity contribution in [3.63, 3.8) is 0 Å². The summed E-state index contributed by atoms with van der Waals surface area (Å²) in [5, 5.41) is 3.99. The second kappa shape index (κ2) is 5.51. The number of hydrogen-bond acceptors (Lipinski definition) is 4. The van der Waals surface area contributed by atoms with Gasteiger partial charge < -0.3 is 16.0 Å². The van der Waals surface area contributed by atoms with Crippen LogP contribution in [0.5, 0.6) is 0 Å². The number of halogens is 2. The van der Waals surface area contributed by atoms with Crippen LogP contribution in [0.15, 0.2) is 16.7 Å². The van der Waals surface area contributed by atoms with Crippen molar-refractivity contribution >= 4 is 11.4 Å². The summed E-state index contributed by atoms with van der Waals surface area (Å²) in [6.45, 7) is 3.69. The van der Waals surface area contributed by atoms with Crippen LogP contribution in [-0.4, -0.2) is 11.1 Å². The van der Waals surface area contributed by atoms with E-state index in [-0.39, 0.29) is 18.8 Å². The Bertz CT molecular complexity index is 710. The van der Waals surface area contributed by atoms with Gasteiger partial charge in [0.2, 0.25) is 5.92 Å². The van der Waals surface area contributed by atoms with Crippen LogP contribution < -0.4 is 11.5 Å². The first-order chi connectivity index (χ1) is 10.8. The van der Waals surface area contributed by atoms with E-state index in [4.69, 9.17) is 16.0 Å². The molecule has 4 nitrogen and oxygen atoms in total. The molecule has 1 aliphatic rings. The van der Waals surface area contributed by atoms with Crippen LogP contribution in [0.25, 0.3) is 11.1 Å². The van der Waals surface area contributed by atoms with E-state index >= 15 is 0 Å². The van der Waals surface area contributed by atoms with Gasteiger partial charge in [-0.05, 0) is 49.8 Å². The zero-order valence-electron chi connectivity index (χ0n) is 13.3. The van der Waals surface area contributed by atoms with Crippen molar-refractivity contribution in [2.75, 3.05) is 11.5 Å². The minimum absolute atomic E-state index is 0.0261. The van der Waals surface area contributed by atoms with Crippen molar-refractivity contribution < 1.29 is 13.3 Å². The van der Waals surface area contributed by atoms with Crippen molar-refractivity contribution in [1.29, 1.82) is 0 Å². The van der Waals surface area contributed by atoms with Crippen LogP contribution in [0.4, 0.5) is 20.2 Å². The molecule has 3 rings (SSSR count). The van der Waals surface area contributed by atoms with Crippen molar-refractivity contribution in [3.05, 3.63) is 29.2 Å². The van der Waals surface area contributed by atoms with E-state index in [1.165, 1.54) is 0 Å². The summed E-state index contributed by atoms with van der Waals surface area (Å²) in [6.07, 6.45) is 0.563. The summed E-state index contributed by atoms with van der Waals surface area (Å²) in [5.41, 5.74) is 16.5. The third-order valence-corrected chi connectivity index (χ3v) is 4.75. The van der Waals surface area contributed by atoms with E-state index < -0.39 is 5.92 Å². The quantitative estimate of drug-likeness (QED) is 0.803. The molecule has 0 spiro atoms. The van der Waals surface area contributed by atoms with Gasteiger partial charge in [-0.1, -0.05) is 11.2 Å². The van der Waals surface area contributed by atoms with Gasteiger partial charge in [0.1, 0.15) is 5.76 Å². The maximum atomic E-state index is 13.5. The number of nitrogen functional groups attached to an aromatic ring is 2. The summed E-state index contributed by atoms with van der Waals surface area (Å²) < 4.78 is 32.2. The van der Waals surface area contributed by atoms with Gasteiger partial charge in [0.15, 0.2) is 0 Å². The fraction of sp³-hybridized carbons (Fsp3) is 0.471. The van der Waals surface area contributed by atoms with E-state index in [0.717, 1.165) is 22.4 Å². The minimum Gasteiger partial charge on any atom is -0.397 e. The lowest BCUT2D eigenvalue weighted by atomic mass is 9.78. The molecular weight excluding hydrogens is 300 g/mol. The molecular formula is C17H21F2N3O. The molecule has 1 aromatic heterocycles. The van der Waals surface area contributed by atoms with Gasteiger partial charge in [0.25, 0.3) is 0 Å². The average molecular weight is 321 g/mol. The summed E-state index contributed by atoms with van der Waals surface area (Å²) in [5.74, 6) is -1.91. The van der Waals surface area contributed by atoms with Crippen molar-refractivity contribution in [2.45, 2.75) is 51.4 Å². The topological polar surface area (TPSA) is 78.1 Å². The largest absolute Gasteiger partial charge is 0.397 e. The zero-order valence-corrected chi connectivity index (χ0v) is 13.3. The van der Waals surface area contributed by atoms with Crippen LogP contribution in [0.2, 0.25) is 0 Å². The highest BCUT2D eigenvalue weighted by molar-refractivity contribution is 5.82. The Hall–Kier alpha value is -2.11. The molecule has 1 fully saturated rings. The fourth-order valence-corrected chi connectivity index (χ4v) is 3.51. The van der Waals surface area contributed by atoms with Crippen LogP contribution >= 0.6 is 0 Å². The van der Waals surface area contributed by atoms with E-state index in [1.54, 1.807) is 6.07 Å².